The zero-order chi connectivity index (χ0) is 21.4. The van der Waals surface area contributed by atoms with Crippen molar-refractivity contribution < 1.29 is 27.1 Å². The number of halogens is 4. The number of nitrogens with one attached hydrogen (secondary N) is 1. The number of alkyl halides is 4. The van der Waals surface area contributed by atoms with E-state index in [2.05, 4.69) is 5.32 Å². The summed E-state index contributed by atoms with van der Waals surface area (Å²) in [6, 6.07) is 8.27. The lowest BCUT2D eigenvalue weighted by atomic mass is 10.1. The lowest BCUT2D eigenvalue weighted by Gasteiger charge is -2.29. The highest BCUT2D eigenvalue weighted by molar-refractivity contribution is 5.68. The summed E-state index contributed by atoms with van der Waals surface area (Å²) < 4.78 is 60.3. The fourth-order valence-corrected chi connectivity index (χ4v) is 3.84. The fourth-order valence-electron chi connectivity index (χ4n) is 3.84. The van der Waals surface area contributed by atoms with Gasteiger partial charge in [-0.25, -0.2) is 4.79 Å². The van der Waals surface area contributed by atoms with Crippen LogP contribution < -0.4 is 5.32 Å². The molecule has 29 heavy (non-hydrogen) atoms. The van der Waals surface area contributed by atoms with Gasteiger partial charge < -0.3 is 10.1 Å². The van der Waals surface area contributed by atoms with Crippen molar-refractivity contribution in [1.82, 2.24) is 15.1 Å². The second-order valence-corrected chi connectivity index (χ2v) is 8.81. The van der Waals surface area contributed by atoms with Crippen LogP contribution in [-0.4, -0.2) is 71.6 Å². The average molecular weight is 417 g/mol. The van der Waals surface area contributed by atoms with Gasteiger partial charge in [0.15, 0.2) is 0 Å². The molecule has 2 aliphatic heterocycles. The van der Waals surface area contributed by atoms with E-state index < -0.39 is 48.7 Å². The van der Waals surface area contributed by atoms with E-state index in [1.54, 1.807) is 20.8 Å². The van der Waals surface area contributed by atoms with E-state index in [4.69, 9.17) is 4.74 Å². The van der Waals surface area contributed by atoms with Gasteiger partial charge in [-0.3, -0.25) is 9.80 Å². The normalized spacial score (nSPS) is 27.1. The Bertz CT molecular complexity index is 708. The summed E-state index contributed by atoms with van der Waals surface area (Å²) in [7, 11) is 0. The Morgan fingerprint density at radius 1 is 1.10 bits per heavy atom. The van der Waals surface area contributed by atoms with Crippen LogP contribution in [-0.2, 0) is 11.3 Å². The molecule has 9 heteroatoms. The fraction of sp³-hybridized carbons (Fsp3) is 0.650. The standard InChI is InChI=1S/C20H27F4N3O2/c1-18(2,3)29-17(28)25-15-10-26(9-14-7-5-4-6-8-14)11-16(15)27-12-19(21,22)20(23,24)13-27/h4-8,15-16H,9-13H2,1-3H3,(H,25,28)/t15-,16-/m1/s1. The number of benzene rings is 1. The van der Waals surface area contributed by atoms with Gasteiger partial charge in [-0.2, -0.15) is 17.6 Å². The van der Waals surface area contributed by atoms with Crippen LogP contribution in [0.5, 0.6) is 0 Å². The van der Waals surface area contributed by atoms with Gasteiger partial charge in [0, 0.05) is 25.7 Å². The van der Waals surface area contributed by atoms with Crippen molar-refractivity contribution >= 4 is 6.09 Å². The van der Waals surface area contributed by atoms with E-state index >= 15 is 0 Å². The maximum absolute atomic E-state index is 13.8. The number of ether oxygens (including phenoxy) is 1. The monoisotopic (exact) mass is 417 g/mol. The molecule has 2 saturated heterocycles. The molecule has 3 rings (SSSR count). The Kier molecular flexibility index (Phi) is 5.84. The molecule has 1 aromatic rings. The molecule has 0 aromatic heterocycles. The van der Waals surface area contributed by atoms with E-state index in [9.17, 15) is 22.4 Å². The number of likely N-dealkylation sites (tertiary alicyclic amines) is 2. The first kappa shape index (κ1) is 21.8. The van der Waals surface area contributed by atoms with Gasteiger partial charge in [0.05, 0.1) is 19.1 Å². The van der Waals surface area contributed by atoms with Gasteiger partial charge in [-0.05, 0) is 26.3 Å². The molecular weight excluding hydrogens is 390 g/mol. The number of alkyl carbamates (subject to hydrolysis) is 1. The summed E-state index contributed by atoms with van der Waals surface area (Å²) in [5.41, 5.74) is 0.288. The zero-order valence-electron chi connectivity index (χ0n) is 16.8. The molecule has 0 spiro atoms. The van der Waals surface area contributed by atoms with Crippen molar-refractivity contribution in [2.24, 2.45) is 0 Å². The second kappa shape index (κ2) is 7.75. The highest BCUT2D eigenvalue weighted by atomic mass is 19.3. The first-order chi connectivity index (χ1) is 13.4. The van der Waals surface area contributed by atoms with Crippen LogP contribution in [0.1, 0.15) is 26.3 Å². The summed E-state index contributed by atoms with van der Waals surface area (Å²) >= 11 is 0. The number of amides is 1. The molecule has 1 aromatic carbocycles. The third-order valence-electron chi connectivity index (χ3n) is 5.12. The van der Waals surface area contributed by atoms with Crippen LogP contribution >= 0.6 is 0 Å². The molecule has 2 fully saturated rings. The molecule has 0 unspecified atom stereocenters. The molecule has 2 atom stereocenters. The van der Waals surface area contributed by atoms with Gasteiger partial charge >= 0.3 is 17.9 Å². The molecule has 0 saturated carbocycles. The summed E-state index contributed by atoms with van der Waals surface area (Å²) in [5, 5.41) is 2.70. The van der Waals surface area contributed by atoms with Crippen LogP contribution in [0.2, 0.25) is 0 Å². The Hall–Kier alpha value is -1.87. The highest BCUT2D eigenvalue weighted by Gasteiger charge is 2.64. The third kappa shape index (κ3) is 5.19. The van der Waals surface area contributed by atoms with Crippen LogP contribution in [0.15, 0.2) is 30.3 Å². The van der Waals surface area contributed by atoms with Crippen LogP contribution in [0.4, 0.5) is 22.4 Å². The predicted molar refractivity (Wildman–Crippen MR) is 100 cm³/mol. The number of carbonyl (C=O) groups excluding carboxylic acids is 1. The van der Waals surface area contributed by atoms with E-state index in [1.807, 2.05) is 35.2 Å². The highest BCUT2D eigenvalue weighted by Crippen LogP contribution is 2.42. The lowest BCUT2D eigenvalue weighted by molar-refractivity contribution is -0.172. The summed E-state index contributed by atoms with van der Waals surface area (Å²) in [5.74, 6) is -8.17. The van der Waals surface area contributed by atoms with Gasteiger partial charge in [-0.1, -0.05) is 30.3 Å². The van der Waals surface area contributed by atoms with E-state index in [-0.39, 0.29) is 0 Å². The number of hydrogen-bond acceptors (Lipinski definition) is 4. The SMILES string of the molecule is CC(C)(C)OC(=O)N[C@@H]1CN(Cc2ccccc2)C[C@H]1N1CC(F)(F)C(F)(F)C1. The van der Waals surface area contributed by atoms with Crippen molar-refractivity contribution in [1.29, 1.82) is 0 Å². The predicted octanol–water partition coefficient (Wildman–Crippen LogP) is 3.35. The average Bonchev–Trinajstić information content (AvgIpc) is 3.04. The minimum Gasteiger partial charge on any atom is -0.444 e. The van der Waals surface area contributed by atoms with E-state index in [1.165, 1.54) is 0 Å². The van der Waals surface area contributed by atoms with Crippen molar-refractivity contribution in [2.75, 3.05) is 26.2 Å². The van der Waals surface area contributed by atoms with Gasteiger partial charge in [0.25, 0.3) is 0 Å². The van der Waals surface area contributed by atoms with Crippen molar-refractivity contribution in [2.45, 2.75) is 56.8 Å². The maximum Gasteiger partial charge on any atom is 0.407 e. The van der Waals surface area contributed by atoms with Crippen molar-refractivity contribution in [3.8, 4) is 0 Å². The Morgan fingerprint density at radius 2 is 1.69 bits per heavy atom. The molecule has 1 amide bonds. The van der Waals surface area contributed by atoms with Gasteiger partial charge in [0.2, 0.25) is 0 Å². The lowest BCUT2D eigenvalue weighted by Crippen LogP contribution is -2.51. The molecular formula is C20H27F4N3O2. The Labute approximate surface area is 168 Å². The Balaban J connectivity index is 1.74. The summed E-state index contributed by atoms with van der Waals surface area (Å²) in [4.78, 5) is 15.3. The molecule has 0 aliphatic carbocycles. The maximum atomic E-state index is 13.8. The molecule has 2 heterocycles. The Morgan fingerprint density at radius 3 is 2.24 bits per heavy atom. The van der Waals surface area contributed by atoms with Crippen LogP contribution in [0, 0.1) is 0 Å². The minimum atomic E-state index is -4.09. The molecule has 162 valence electrons. The molecule has 0 radical (unpaired) electrons. The molecule has 0 bridgehead atoms. The first-order valence-corrected chi connectivity index (χ1v) is 9.62. The minimum absolute atomic E-state index is 0.293. The quantitative estimate of drug-likeness (QED) is 0.764. The second-order valence-electron chi connectivity index (χ2n) is 8.81. The van der Waals surface area contributed by atoms with E-state index in [0.717, 1.165) is 10.5 Å². The van der Waals surface area contributed by atoms with Gasteiger partial charge in [0.1, 0.15) is 5.60 Å². The number of rotatable bonds is 4. The summed E-state index contributed by atoms with van der Waals surface area (Å²) in [6.07, 6.45) is -0.688. The molecule has 5 nitrogen and oxygen atoms in total. The smallest absolute Gasteiger partial charge is 0.407 e. The molecule has 1 N–H and O–H groups in total. The largest absolute Gasteiger partial charge is 0.444 e. The number of nitrogens with zero attached hydrogens (tertiary/aromatic N) is 2. The van der Waals surface area contributed by atoms with Gasteiger partial charge in [-0.15, -0.1) is 0 Å². The summed E-state index contributed by atoms with van der Waals surface area (Å²) in [6.45, 7) is 4.25. The van der Waals surface area contributed by atoms with E-state index in [0.29, 0.717) is 19.6 Å². The molecule has 2 aliphatic rings. The van der Waals surface area contributed by atoms with Crippen LogP contribution in [0.25, 0.3) is 0 Å². The van der Waals surface area contributed by atoms with Crippen LogP contribution in [0.3, 0.4) is 0 Å². The first-order valence-electron chi connectivity index (χ1n) is 9.62. The zero-order valence-corrected chi connectivity index (χ0v) is 16.8. The third-order valence-corrected chi connectivity index (χ3v) is 5.12. The van der Waals surface area contributed by atoms with Crippen molar-refractivity contribution in [3.05, 3.63) is 35.9 Å². The topological polar surface area (TPSA) is 44.8 Å². The van der Waals surface area contributed by atoms with Crippen molar-refractivity contribution in [3.63, 3.8) is 0 Å². The number of carbonyl (C=O) groups is 1. The number of hydrogen-bond donors (Lipinski definition) is 1.